The highest BCUT2D eigenvalue weighted by Gasteiger charge is 2.32. The molecule has 23 heavy (non-hydrogen) atoms. The number of aliphatic hydroxyl groups excluding tert-OH is 1. The maximum atomic E-state index is 11.9. The molecule has 1 saturated carbocycles. The van der Waals surface area contributed by atoms with Gasteiger partial charge >= 0.3 is 5.97 Å². The molecule has 1 aromatic rings. The highest BCUT2D eigenvalue weighted by Crippen LogP contribution is 2.26. The number of carbonyl (C=O) groups is 2. The molecule has 1 aromatic carbocycles. The summed E-state index contributed by atoms with van der Waals surface area (Å²) >= 11 is 0. The number of phenolic OH excluding ortho intramolecular Hbond substituents is 2. The largest absolute Gasteiger partial charge is 0.504 e. The number of hydrogen-bond donors (Lipinski definition) is 5. The van der Waals surface area contributed by atoms with E-state index in [-0.39, 0.29) is 24.3 Å². The first-order valence-corrected chi connectivity index (χ1v) is 7.26. The van der Waals surface area contributed by atoms with Gasteiger partial charge in [-0.25, -0.2) is 0 Å². The van der Waals surface area contributed by atoms with Crippen LogP contribution in [0.25, 0.3) is 6.08 Å². The van der Waals surface area contributed by atoms with Crippen LogP contribution in [0.2, 0.25) is 0 Å². The van der Waals surface area contributed by atoms with Crippen LogP contribution >= 0.6 is 0 Å². The van der Waals surface area contributed by atoms with Gasteiger partial charge in [-0.2, -0.15) is 0 Å². The molecule has 0 saturated heterocycles. The van der Waals surface area contributed by atoms with E-state index in [0.717, 1.165) is 0 Å². The van der Waals surface area contributed by atoms with Crippen molar-refractivity contribution >= 4 is 18.0 Å². The molecular formula is C16H19NO6. The van der Waals surface area contributed by atoms with Gasteiger partial charge in [-0.15, -0.1) is 0 Å². The van der Waals surface area contributed by atoms with Crippen LogP contribution in [0.5, 0.6) is 11.5 Å². The second kappa shape index (κ2) is 7.15. The fourth-order valence-corrected chi connectivity index (χ4v) is 2.67. The topological polar surface area (TPSA) is 127 Å². The maximum absolute atomic E-state index is 11.9. The first-order chi connectivity index (χ1) is 10.8. The summed E-state index contributed by atoms with van der Waals surface area (Å²) in [7, 11) is 0. The van der Waals surface area contributed by atoms with E-state index >= 15 is 0 Å². The molecule has 0 bridgehead atoms. The fourth-order valence-electron chi connectivity index (χ4n) is 2.67. The molecule has 1 amide bonds. The van der Waals surface area contributed by atoms with E-state index in [1.165, 1.54) is 30.4 Å². The first-order valence-electron chi connectivity index (χ1n) is 7.26. The number of aromatic hydroxyl groups is 2. The molecule has 1 aliphatic rings. The Balaban J connectivity index is 1.94. The van der Waals surface area contributed by atoms with Crippen LogP contribution in [0.15, 0.2) is 24.3 Å². The lowest BCUT2D eigenvalue weighted by Gasteiger charge is -2.30. The van der Waals surface area contributed by atoms with Gasteiger partial charge in [0, 0.05) is 12.1 Å². The monoisotopic (exact) mass is 321 g/mol. The molecule has 7 heteroatoms. The number of carboxylic acid groups (broad SMARTS) is 1. The molecule has 0 spiro atoms. The zero-order valence-electron chi connectivity index (χ0n) is 12.3. The van der Waals surface area contributed by atoms with E-state index in [1.54, 1.807) is 0 Å². The van der Waals surface area contributed by atoms with E-state index in [2.05, 4.69) is 5.32 Å². The fraction of sp³-hybridized carbons (Fsp3) is 0.375. The molecule has 5 N–H and O–H groups in total. The standard InChI is InChI=1S/C16H19NO6/c18-12-7-10(16(22)23)6-11(8-12)17-15(21)4-2-9-1-3-13(19)14(20)5-9/h1-5,10-12,18-20H,6-8H2,(H,17,21)(H,22,23)/b4-2-/t10-,11-,12+/m0/s1. The summed E-state index contributed by atoms with van der Waals surface area (Å²) in [5.41, 5.74) is 0.530. The van der Waals surface area contributed by atoms with Crippen molar-refractivity contribution in [3.8, 4) is 11.5 Å². The highest BCUT2D eigenvalue weighted by atomic mass is 16.4. The van der Waals surface area contributed by atoms with Gasteiger partial charge in [0.05, 0.1) is 12.0 Å². The number of carbonyl (C=O) groups excluding carboxylic acids is 1. The van der Waals surface area contributed by atoms with Crippen molar-refractivity contribution in [1.82, 2.24) is 5.32 Å². The molecule has 2 rings (SSSR count). The van der Waals surface area contributed by atoms with E-state index in [4.69, 9.17) is 5.11 Å². The third-order valence-corrected chi connectivity index (χ3v) is 3.80. The van der Waals surface area contributed by atoms with E-state index in [1.807, 2.05) is 0 Å². The van der Waals surface area contributed by atoms with Gasteiger partial charge in [0.15, 0.2) is 11.5 Å². The van der Waals surface area contributed by atoms with Crippen LogP contribution in [-0.4, -0.2) is 44.4 Å². The Kier molecular flexibility index (Phi) is 5.23. The third-order valence-electron chi connectivity index (χ3n) is 3.80. The summed E-state index contributed by atoms with van der Waals surface area (Å²) in [6, 6.07) is 3.75. The zero-order chi connectivity index (χ0) is 17.0. The van der Waals surface area contributed by atoms with Crippen LogP contribution < -0.4 is 5.32 Å². The SMILES string of the molecule is O=C(/C=C\c1ccc(O)c(O)c1)N[C@@H]1C[C@H](O)C[C@@H](C(=O)O)C1. The predicted molar refractivity (Wildman–Crippen MR) is 81.7 cm³/mol. The number of aliphatic hydroxyl groups is 1. The Morgan fingerprint density at radius 1 is 1.13 bits per heavy atom. The van der Waals surface area contributed by atoms with Gasteiger partial charge in [0.25, 0.3) is 0 Å². The Morgan fingerprint density at radius 2 is 1.87 bits per heavy atom. The van der Waals surface area contributed by atoms with Crippen molar-refractivity contribution in [3.63, 3.8) is 0 Å². The summed E-state index contributed by atoms with van der Waals surface area (Å²) in [4.78, 5) is 22.9. The highest BCUT2D eigenvalue weighted by molar-refractivity contribution is 5.92. The van der Waals surface area contributed by atoms with Crippen LogP contribution in [-0.2, 0) is 9.59 Å². The number of hydrogen-bond acceptors (Lipinski definition) is 5. The van der Waals surface area contributed by atoms with Crippen molar-refractivity contribution in [2.75, 3.05) is 0 Å². The normalized spacial score (nSPS) is 24.5. The molecular weight excluding hydrogens is 302 g/mol. The zero-order valence-corrected chi connectivity index (χ0v) is 12.3. The van der Waals surface area contributed by atoms with Crippen molar-refractivity contribution in [2.45, 2.75) is 31.4 Å². The van der Waals surface area contributed by atoms with E-state index in [0.29, 0.717) is 12.0 Å². The molecule has 3 atom stereocenters. The minimum absolute atomic E-state index is 0.199. The predicted octanol–water partition coefficient (Wildman–Crippen LogP) is 0.841. The van der Waals surface area contributed by atoms with E-state index in [9.17, 15) is 24.9 Å². The van der Waals surface area contributed by atoms with Gasteiger partial charge in [0.2, 0.25) is 5.91 Å². The molecule has 1 fully saturated rings. The Bertz CT molecular complexity index is 627. The molecule has 7 nitrogen and oxygen atoms in total. The quantitative estimate of drug-likeness (QED) is 0.413. The van der Waals surface area contributed by atoms with Crippen LogP contribution in [0.3, 0.4) is 0 Å². The summed E-state index contributed by atoms with van der Waals surface area (Å²) < 4.78 is 0. The van der Waals surface area contributed by atoms with E-state index < -0.39 is 29.9 Å². The van der Waals surface area contributed by atoms with Gasteiger partial charge < -0.3 is 25.7 Å². The summed E-state index contributed by atoms with van der Waals surface area (Å²) in [6.07, 6.45) is 2.78. The number of benzene rings is 1. The number of nitrogens with one attached hydrogen (secondary N) is 1. The average molecular weight is 321 g/mol. The second-order valence-corrected chi connectivity index (χ2v) is 5.68. The van der Waals surface area contributed by atoms with Crippen molar-refractivity contribution in [2.24, 2.45) is 5.92 Å². The van der Waals surface area contributed by atoms with Gasteiger partial charge in [-0.05, 0) is 43.0 Å². The number of rotatable bonds is 4. The Hall–Kier alpha value is -2.54. The first kappa shape index (κ1) is 16.8. The van der Waals surface area contributed by atoms with Crippen LogP contribution in [0, 0.1) is 5.92 Å². The van der Waals surface area contributed by atoms with Crippen molar-refractivity contribution in [1.29, 1.82) is 0 Å². The van der Waals surface area contributed by atoms with Gasteiger partial charge in [-0.3, -0.25) is 9.59 Å². The molecule has 0 heterocycles. The molecule has 0 aliphatic heterocycles. The lowest BCUT2D eigenvalue weighted by molar-refractivity contribution is -0.145. The van der Waals surface area contributed by atoms with Crippen LogP contribution in [0.1, 0.15) is 24.8 Å². The minimum atomic E-state index is -0.974. The molecule has 124 valence electrons. The number of phenols is 2. The molecule has 0 aromatic heterocycles. The molecule has 0 unspecified atom stereocenters. The lowest BCUT2D eigenvalue weighted by atomic mass is 9.84. The number of amides is 1. The average Bonchev–Trinajstić information content (AvgIpc) is 2.48. The summed E-state index contributed by atoms with van der Waals surface area (Å²) in [6.45, 7) is 0. The molecule has 1 aliphatic carbocycles. The lowest BCUT2D eigenvalue weighted by Crippen LogP contribution is -2.43. The third kappa shape index (κ3) is 4.72. The minimum Gasteiger partial charge on any atom is -0.504 e. The van der Waals surface area contributed by atoms with Gasteiger partial charge in [-0.1, -0.05) is 6.07 Å². The number of carboxylic acids is 1. The Labute approximate surface area is 132 Å². The smallest absolute Gasteiger partial charge is 0.306 e. The second-order valence-electron chi connectivity index (χ2n) is 5.68. The Morgan fingerprint density at radius 3 is 2.52 bits per heavy atom. The van der Waals surface area contributed by atoms with Crippen LogP contribution in [0.4, 0.5) is 0 Å². The number of aliphatic carboxylic acids is 1. The summed E-state index contributed by atoms with van der Waals surface area (Å²) in [5.74, 6) is -2.59. The van der Waals surface area contributed by atoms with Crippen molar-refractivity contribution < 1.29 is 30.0 Å². The van der Waals surface area contributed by atoms with Gasteiger partial charge in [0.1, 0.15) is 0 Å². The van der Waals surface area contributed by atoms with Crippen molar-refractivity contribution in [3.05, 3.63) is 29.8 Å². The molecule has 0 radical (unpaired) electrons. The maximum Gasteiger partial charge on any atom is 0.306 e. The summed E-state index contributed by atoms with van der Waals surface area (Å²) in [5, 5.41) is 40.0.